The van der Waals surface area contributed by atoms with Gasteiger partial charge in [0.2, 0.25) is 0 Å². The van der Waals surface area contributed by atoms with Gasteiger partial charge in [-0.3, -0.25) is 0 Å². The van der Waals surface area contributed by atoms with E-state index in [0.29, 0.717) is 4.75 Å². The number of hydrogen-bond acceptors (Lipinski definition) is 4. The molecule has 1 fully saturated rings. The van der Waals surface area contributed by atoms with E-state index in [2.05, 4.69) is 30.7 Å². The molecule has 1 N–H and O–H groups in total. The van der Waals surface area contributed by atoms with Crippen molar-refractivity contribution in [2.45, 2.75) is 38.5 Å². The molecule has 100 valence electrons. The number of hydrogen-bond donors (Lipinski definition) is 1. The van der Waals surface area contributed by atoms with Crippen LogP contribution in [0.25, 0.3) is 0 Å². The van der Waals surface area contributed by atoms with Crippen LogP contribution in [0.4, 0.5) is 5.82 Å². The molecule has 3 nitrogen and oxygen atoms in total. The minimum atomic E-state index is 0.0665. The second kappa shape index (κ2) is 5.49. The first kappa shape index (κ1) is 13.7. The Hall–Kier alpha value is -0.740. The molecule has 18 heavy (non-hydrogen) atoms. The molecule has 0 aromatic carbocycles. The van der Waals surface area contributed by atoms with Crippen molar-refractivity contribution in [2.75, 3.05) is 23.7 Å². The lowest BCUT2D eigenvalue weighted by Gasteiger charge is -2.24. The van der Waals surface area contributed by atoms with Gasteiger partial charge in [-0.15, -0.1) is 0 Å². The fourth-order valence-corrected chi connectivity index (χ4v) is 3.38. The summed E-state index contributed by atoms with van der Waals surface area (Å²) in [5.74, 6) is 2.22. The zero-order valence-electron chi connectivity index (χ0n) is 11.4. The van der Waals surface area contributed by atoms with Crippen molar-refractivity contribution in [3.05, 3.63) is 23.4 Å². The lowest BCUT2D eigenvalue weighted by Crippen LogP contribution is -2.28. The van der Waals surface area contributed by atoms with Gasteiger partial charge < -0.3 is 10.0 Å². The highest BCUT2D eigenvalue weighted by Gasteiger charge is 2.24. The van der Waals surface area contributed by atoms with Gasteiger partial charge in [0.05, 0.1) is 6.61 Å². The Morgan fingerprint density at radius 1 is 1.44 bits per heavy atom. The van der Waals surface area contributed by atoms with Crippen LogP contribution in [-0.2, 0) is 6.61 Å². The molecule has 0 radical (unpaired) electrons. The molecule has 1 saturated heterocycles. The molecule has 2 rings (SSSR count). The van der Waals surface area contributed by atoms with Crippen LogP contribution in [-0.4, -0.2) is 33.7 Å². The van der Waals surface area contributed by atoms with Crippen molar-refractivity contribution in [1.29, 1.82) is 0 Å². The van der Waals surface area contributed by atoms with Gasteiger partial charge in [0.1, 0.15) is 5.82 Å². The molecule has 0 unspecified atom stereocenters. The topological polar surface area (TPSA) is 36.4 Å². The molecule has 0 saturated carbocycles. The van der Waals surface area contributed by atoms with Crippen molar-refractivity contribution in [3.63, 3.8) is 0 Å². The van der Waals surface area contributed by atoms with Crippen LogP contribution in [0.2, 0.25) is 0 Å². The molecular formula is C14H22N2OS. The maximum Gasteiger partial charge on any atom is 0.131 e. The third-order valence-corrected chi connectivity index (χ3v) is 4.80. The molecule has 0 spiro atoms. The molecule has 0 aliphatic carbocycles. The minimum Gasteiger partial charge on any atom is -0.392 e. The Morgan fingerprint density at radius 3 is 2.89 bits per heavy atom. The van der Waals surface area contributed by atoms with E-state index in [9.17, 15) is 0 Å². The summed E-state index contributed by atoms with van der Waals surface area (Å²) in [6, 6.07) is 2.03. The second-order valence-corrected chi connectivity index (χ2v) is 7.29. The number of anilines is 1. The summed E-state index contributed by atoms with van der Waals surface area (Å²) in [5, 5.41) is 9.12. The average Bonchev–Trinajstić information content (AvgIpc) is 2.50. The average molecular weight is 266 g/mol. The number of rotatable bonds is 2. The highest BCUT2D eigenvalue weighted by Crippen LogP contribution is 2.32. The maximum atomic E-state index is 9.12. The fraction of sp³-hybridized carbons (Fsp3) is 0.643. The van der Waals surface area contributed by atoms with Gasteiger partial charge in [0.15, 0.2) is 0 Å². The largest absolute Gasteiger partial charge is 0.392 e. The monoisotopic (exact) mass is 266 g/mol. The summed E-state index contributed by atoms with van der Waals surface area (Å²) in [5.41, 5.74) is 2.05. The number of pyridine rings is 1. The van der Waals surface area contributed by atoms with Crippen LogP contribution in [0.3, 0.4) is 0 Å². The van der Waals surface area contributed by atoms with Crippen LogP contribution in [0.1, 0.15) is 31.4 Å². The van der Waals surface area contributed by atoms with Crippen molar-refractivity contribution >= 4 is 17.6 Å². The van der Waals surface area contributed by atoms with E-state index in [4.69, 9.17) is 5.11 Å². The van der Waals surface area contributed by atoms with E-state index < -0.39 is 0 Å². The Bertz CT molecular complexity index is 420. The number of thioether (sulfide) groups is 1. The first-order chi connectivity index (χ1) is 8.52. The Kier molecular flexibility index (Phi) is 4.17. The number of aliphatic hydroxyl groups is 1. The molecule has 4 heteroatoms. The Labute approximate surface area is 114 Å². The molecule has 0 atom stereocenters. The summed E-state index contributed by atoms with van der Waals surface area (Å²) < 4.78 is 0.369. The number of aliphatic hydroxyl groups excluding tert-OH is 1. The van der Waals surface area contributed by atoms with Gasteiger partial charge in [0.25, 0.3) is 0 Å². The van der Waals surface area contributed by atoms with Gasteiger partial charge in [0, 0.05) is 29.8 Å². The van der Waals surface area contributed by atoms with Crippen molar-refractivity contribution in [3.8, 4) is 0 Å². The van der Waals surface area contributed by atoms with E-state index in [-0.39, 0.29) is 6.61 Å². The first-order valence-electron chi connectivity index (χ1n) is 6.47. The Morgan fingerprint density at radius 2 is 2.22 bits per heavy atom. The quantitative estimate of drug-likeness (QED) is 0.892. The van der Waals surface area contributed by atoms with Gasteiger partial charge in [-0.1, -0.05) is 13.8 Å². The van der Waals surface area contributed by atoms with E-state index in [1.807, 2.05) is 17.8 Å². The zero-order chi connectivity index (χ0) is 13.2. The summed E-state index contributed by atoms with van der Waals surface area (Å²) in [4.78, 5) is 6.89. The van der Waals surface area contributed by atoms with Gasteiger partial charge in [-0.25, -0.2) is 4.98 Å². The summed E-state index contributed by atoms with van der Waals surface area (Å²) >= 11 is 2.04. The third-order valence-electron chi connectivity index (χ3n) is 3.43. The number of aromatic nitrogens is 1. The van der Waals surface area contributed by atoms with E-state index >= 15 is 0 Å². The normalized spacial score (nSPS) is 19.7. The van der Waals surface area contributed by atoms with Crippen molar-refractivity contribution < 1.29 is 5.11 Å². The molecule has 1 aliphatic rings. The predicted octanol–water partition coefficient (Wildman–Crippen LogP) is 2.60. The molecule has 0 bridgehead atoms. The summed E-state index contributed by atoms with van der Waals surface area (Å²) in [7, 11) is 0. The zero-order valence-corrected chi connectivity index (χ0v) is 12.3. The van der Waals surface area contributed by atoms with Crippen LogP contribution in [0, 0.1) is 6.92 Å². The highest BCUT2D eigenvalue weighted by atomic mass is 32.2. The predicted molar refractivity (Wildman–Crippen MR) is 78.3 cm³/mol. The van der Waals surface area contributed by atoms with Crippen LogP contribution in [0.15, 0.2) is 12.3 Å². The molecule has 1 aromatic rings. The molecule has 1 aromatic heterocycles. The standard InChI is InChI=1S/C14H22N2OS/c1-11-8-12(10-17)9-15-13(11)16-5-4-14(2,3)18-7-6-16/h8-9,17H,4-7,10H2,1-3H3. The van der Waals surface area contributed by atoms with E-state index in [1.165, 1.54) is 6.42 Å². The third kappa shape index (κ3) is 3.18. The van der Waals surface area contributed by atoms with Crippen molar-refractivity contribution in [2.24, 2.45) is 0 Å². The van der Waals surface area contributed by atoms with Gasteiger partial charge in [-0.2, -0.15) is 11.8 Å². The fourth-order valence-electron chi connectivity index (χ4n) is 2.28. The molecule has 1 aliphatic heterocycles. The number of aryl methyl sites for hydroxylation is 1. The first-order valence-corrected chi connectivity index (χ1v) is 7.46. The van der Waals surface area contributed by atoms with Crippen molar-refractivity contribution in [1.82, 2.24) is 4.98 Å². The Balaban J connectivity index is 2.16. The SMILES string of the molecule is Cc1cc(CO)cnc1N1CCSC(C)(C)CC1. The van der Waals surface area contributed by atoms with Crippen LogP contribution in [0.5, 0.6) is 0 Å². The lowest BCUT2D eigenvalue weighted by molar-refractivity contribution is 0.281. The smallest absolute Gasteiger partial charge is 0.131 e. The minimum absolute atomic E-state index is 0.0665. The van der Waals surface area contributed by atoms with Gasteiger partial charge >= 0.3 is 0 Å². The summed E-state index contributed by atoms with van der Waals surface area (Å²) in [6.45, 7) is 8.89. The van der Waals surface area contributed by atoms with Crippen LogP contribution < -0.4 is 4.90 Å². The lowest BCUT2D eigenvalue weighted by atomic mass is 10.1. The molecular weight excluding hydrogens is 244 g/mol. The molecule has 2 heterocycles. The van der Waals surface area contributed by atoms with Gasteiger partial charge in [-0.05, 0) is 30.5 Å². The molecule has 0 amide bonds. The second-order valence-electron chi connectivity index (χ2n) is 5.49. The maximum absolute atomic E-state index is 9.12. The number of nitrogens with zero attached hydrogens (tertiary/aromatic N) is 2. The van der Waals surface area contributed by atoms with Crippen LogP contribution >= 0.6 is 11.8 Å². The highest BCUT2D eigenvalue weighted by molar-refractivity contribution is 8.00. The van der Waals surface area contributed by atoms with E-state index in [0.717, 1.165) is 35.8 Å². The summed E-state index contributed by atoms with van der Waals surface area (Å²) in [6.07, 6.45) is 2.96. The van der Waals surface area contributed by atoms with E-state index in [1.54, 1.807) is 6.20 Å².